The molecule has 7 heteroatoms. The van der Waals surface area contributed by atoms with Crippen LogP contribution in [0.5, 0.6) is 0 Å². The van der Waals surface area contributed by atoms with Gasteiger partial charge in [0.1, 0.15) is 40.4 Å². The van der Waals surface area contributed by atoms with Gasteiger partial charge in [0.2, 0.25) is 5.65 Å². The highest BCUT2D eigenvalue weighted by Gasteiger charge is 2.24. The fourth-order valence-corrected chi connectivity index (χ4v) is 4.43. The Morgan fingerprint density at radius 2 is 1.94 bits per heavy atom. The van der Waals surface area contributed by atoms with Gasteiger partial charge in [-0.3, -0.25) is 4.98 Å². The molecule has 0 bridgehead atoms. The molecule has 0 saturated heterocycles. The first-order valence-electron chi connectivity index (χ1n) is 10.6. The monoisotopic (exact) mass is 498 g/mol. The Labute approximate surface area is 199 Å². The Balaban J connectivity index is 1.55. The molecule has 2 aromatic carbocycles. The van der Waals surface area contributed by atoms with E-state index >= 15 is 0 Å². The van der Waals surface area contributed by atoms with E-state index in [1.54, 1.807) is 6.21 Å². The molecule has 3 aromatic heterocycles. The van der Waals surface area contributed by atoms with Gasteiger partial charge in [-0.25, -0.2) is 0 Å². The normalized spacial score (nSPS) is 11.5. The highest BCUT2D eigenvalue weighted by molar-refractivity contribution is 9.10. The summed E-state index contributed by atoms with van der Waals surface area (Å²) >= 11 is 3.45. The van der Waals surface area contributed by atoms with Gasteiger partial charge in [-0.2, -0.15) is 15.1 Å². The molecule has 2 N–H and O–H groups in total. The van der Waals surface area contributed by atoms with Crippen LogP contribution >= 0.6 is 15.9 Å². The predicted octanol–water partition coefficient (Wildman–Crippen LogP) is 6.12. The fourth-order valence-electron chi connectivity index (χ4n) is 4.16. The van der Waals surface area contributed by atoms with E-state index in [1.807, 2.05) is 72.0 Å². The first kappa shape index (κ1) is 21.0. The lowest BCUT2D eigenvalue weighted by Crippen LogP contribution is -2.28. The number of nitriles is 1. The van der Waals surface area contributed by atoms with Gasteiger partial charge in [0.05, 0.1) is 0 Å². The van der Waals surface area contributed by atoms with Crippen LogP contribution in [0.2, 0.25) is 0 Å². The zero-order valence-corrected chi connectivity index (χ0v) is 19.8. The molecule has 0 radical (unpaired) electrons. The molecule has 0 amide bonds. The largest absolute Gasteiger partial charge is 0.455 e. The topological polar surface area (TPSA) is 81.2 Å². The molecule has 0 aliphatic heterocycles. The zero-order chi connectivity index (χ0) is 22.9. The third-order valence-electron chi connectivity index (χ3n) is 5.78. The number of fused-ring (bicyclic) bond motifs is 3. The van der Waals surface area contributed by atoms with Crippen LogP contribution in [0.25, 0.3) is 28.0 Å². The first-order chi connectivity index (χ1) is 16.1. The van der Waals surface area contributed by atoms with Crippen molar-refractivity contribution in [3.63, 3.8) is 0 Å². The number of rotatable bonds is 5. The summed E-state index contributed by atoms with van der Waals surface area (Å²) in [5.74, 6) is 2.25. The van der Waals surface area contributed by atoms with E-state index in [2.05, 4.69) is 44.4 Å². The summed E-state index contributed by atoms with van der Waals surface area (Å²) in [5.41, 5.74) is 9.53. The average molecular weight is 499 g/mol. The van der Waals surface area contributed by atoms with E-state index in [4.69, 9.17) is 4.42 Å². The van der Waals surface area contributed by atoms with Gasteiger partial charge in [-0.15, -0.1) is 5.10 Å². The maximum Gasteiger partial charge on any atom is 0.253 e. The second-order valence-electron chi connectivity index (χ2n) is 7.70. The van der Waals surface area contributed by atoms with Crippen LogP contribution < -0.4 is 9.83 Å². The number of pyridine rings is 1. The first-order valence-corrected chi connectivity index (χ1v) is 11.4. The van der Waals surface area contributed by atoms with Gasteiger partial charge in [0.25, 0.3) is 5.82 Å². The van der Waals surface area contributed by atoms with E-state index in [1.165, 1.54) is 0 Å². The number of anilines is 1. The van der Waals surface area contributed by atoms with Gasteiger partial charge in [-0.1, -0.05) is 47.1 Å². The summed E-state index contributed by atoms with van der Waals surface area (Å²) in [6.45, 7) is 4.06. The summed E-state index contributed by atoms with van der Waals surface area (Å²) < 4.78 is 9.00. The molecule has 0 unspecified atom stereocenters. The van der Waals surface area contributed by atoms with Crippen LogP contribution in [-0.2, 0) is 6.42 Å². The number of benzene rings is 2. The van der Waals surface area contributed by atoms with Gasteiger partial charge in [-0.05, 0) is 55.3 Å². The number of nitrogens with one attached hydrogen (secondary N) is 2. The van der Waals surface area contributed by atoms with Crippen LogP contribution in [-0.4, -0.2) is 11.2 Å². The Morgan fingerprint density at radius 1 is 1.15 bits per heavy atom. The molecular weight excluding hydrogens is 478 g/mol. The summed E-state index contributed by atoms with van der Waals surface area (Å²) in [5, 5.41) is 14.3. The maximum atomic E-state index is 9.84. The Bertz CT molecular complexity index is 1550. The lowest BCUT2D eigenvalue weighted by molar-refractivity contribution is -0.465. The molecule has 0 aliphatic rings. The minimum absolute atomic E-state index is 0.641. The maximum absolute atomic E-state index is 9.84. The van der Waals surface area contributed by atoms with Crippen LogP contribution in [0.15, 0.2) is 74.7 Å². The molecule has 3 heterocycles. The molecule has 0 fully saturated rings. The Hall–Kier alpha value is -3.89. The number of furan rings is 1. The highest BCUT2D eigenvalue weighted by atomic mass is 79.9. The third kappa shape index (κ3) is 3.69. The van der Waals surface area contributed by atoms with Gasteiger partial charge < -0.3 is 4.42 Å². The number of hydrogen-bond donors (Lipinski definition) is 2. The number of aromatic nitrogens is 2. The standard InChI is InChI=1S/C26H20BrN5O/c1-3-20-16(2)21(14-28)25-30-22-6-4-5-7-23(22)32(25)26(20)31-29-15-19-12-13-24(33-19)17-8-10-18(27)11-9-17/h4-13,15H,3H2,1-2H3,(H,30,31)/p+1. The number of nitrogens with zero attached hydrogens (tertiary/aromatic N) is 3. The van der Waals surface area contributed by atoms with E-state index in [0.29, 0.717) is 11.3 Å². The van der Waals surface area contributed by atoms with E-state index in [-0.39, 0.29) is 0 Å². The highest BCUT2D eigenvalue weighted by Crippen LogP contribution is 2.26. The number of halogens is 1. The number of H-pyrrole nitrogens is 1. The molecule has 0 atom stereocenters. The predicted molar refractivity (Wildman–Crippen MR) is 133 cm³/mol. The SMILES string of the molecule is CCc1c(C)c(C#N)c2[nH]c3ccccc3[n+]2c1NN=Cc1ccc(-c2ccc(Br)cc2)o1. The van der Waals surface area contributed by atoms with Crippen molar-refractivity contribution in [2.45, 2.75) is 20.3 Å². The summed E-state index contributed by atoms with van der Waals surface area (Å²) in [7, 11) is 0. The molecule has 5 aromatic rings. The summed E-state index contributed by atoms with van der Waals surface area (Å²) in [4.78, 5) is 3.39. The summed E-state index contributed by atoms with van der Waals surface area (Å²) in [6, 6.07) is 22.1. The molecule has 0 aliphatic carbocycles. The number of hydrazone groups is 1. The molecule has 0 saturated carbocycles. The Morgan fingerprint density at radius 3 is 2.70 bits per heavy atom. The van der Waals surface area contributed by atoms with Crippen LogP contribution in [0.3, 0.4) is 0 Å². The lowest BCUT2D eigenvalue weighted by atomic mass is 10.0. The quantitative estimate of drug-likeness (QED) is 0.174. The molecule has 162 valence electrons. The second-order valence-corrected chi connectivity index (χ2v) is 8.61. The summed E-state index contributed by atoms with van der Waals surface area (Å²) in [6.07, 6.45) is 2.42. The molecule has 33 heavy (non-hydrogen) atoms. The average Bonchev–Trinajstić information content (AvgIpc) is 3.44. The number of hydrogen-bond acceptors (Lipinski definition) is 4. The van der Waals surface area contributed by atoms with Crippen molar-refractivity contribution in [1.82, 2.24) is 4.98 Å². The van der Waals surface area contributed by atoms with Crippen molar-refractivity contribution in [3.05, 3.63) is 87.6 Å². The van der Waals surface area contributed by atoms with E-state index in [9.17, 15) is 5.26 Å². The van der Waals surface area contributed by atoms with Crippen molar-refractivity contribution in [3.8, 4) is 17.4 Å². The molecule has 5 rings (SSSR count). The van der Waals surface area contributed by atoms with Crippen molar-refractivity contribution in [2.75, 3.05) is 5.43 Å². The number of para-hydroxylation sites is 2. The van der Waals surface area contributed by atoms with E-state index in [0.717, 1.165) is 55.8 Å². The molecule has 6 nitrogen and oxygen atoms in total. The minimum Gasteiger partial charge on any atom is -0.455 e. The van der Waals surface area contributed by atoms with Crippen molar-refractivity contribution in [1.29, 1.82) is 5.26 Å². The zero-order valence-electron chi connectivity index (χ0n) is 18.2. The minimum atomic E-state index is 0.641. The number of imidazole rings is 1. The van der Waals surface area contributed by atoms with Gasteiger partial charge in [0.15, 0.2) is 0 Å². The van der Waals surface area contributed by atoms with Crippen molar-refractivity contribution < 1.29 is 8.82 Å². The van der Waals surface area contributed by atoms with Crippen LogP contribution in [0.1, 0.15) is 29.4 Å². The van der Waals surface area contributed by atoms with E-state index < -0.39 is 0 Å². The Kier molecular flexibility index (Phi) is 5.45. The van der Waals surface area contributed by atoms with Crippen molar-refractivity contribution >= 4 is 44.6 Å². The second kappa shape index (κ2) is 8.57. The fraction of sp³-hybridized carbons (Fsp3) is 0.115. The van der Waals surface area contributed by atoms with Crippen LogP contribution in [0, 0.1) is 18.3 Å². The van der Waals surface area contributed by atoms with Gasteiger partial charge >= 0.3 is 0 Å². The lowest BCUT2D eigenvalue weighted by Gasteiger charge is -2.10. The van der Waals surface area contributed by atoms with Crippen LogP contribution in [0.4, 0.5) is 5.82 Å². The van der Waals surface area contributed by atoms with Crippen molar-refractivity contribution in [2.24, 2.45) is 5.10 Å². The smallest absolute Gasteiger partial charge is 0.253 e. The molecular formula is C26H21BrN5O+. The molecule has 0 spiro atoms. The number of aromatic amines is 1. The van der Waals surface area contributed by atoms with Gasteiger partial charge in [0, 0.05) is 15.6 Å². The third-order valence-corrected chi connectivity index (χ3v) is 6.31.